The molecule has 1 saturated heterocycles. The smallest absolute Gasteiger partial charge is 0.241 e. The van der Waals surface area contributed by atoms with E-state index in [-0.39, 0.29) is 12.2 Å². The Bertz CT molecular complexity index is 533. The average Bonchev–Trinajstić information content (AvgIpc) is 3.36. The minimum atomic E-state index is -0.0590. The fourth-order valence-electron chi connectivity index (χ4n) is 3.78. The van der Waals surface area contributed by atoms with E-state index in [2.05, 4.69) is 41.4 Å². The molecular weight excluding hydrogens is 260 g/mol. The van der Waals surface area contributed by atoms with Gasteiger partial charge in [0.2, 0.25) is 5.91 Å². The second-order valence-electron chi connectivity index (χ2n) is 7.11. The summed E-state index contributed by atoms with van der Waals surface area (Å²) in [6, 6.07) is 9.04. The van der Waals surface area contributed by atoms with Crippen molar-refractivity contribution >= 4 is 5.91 Å². The molecule has 1 amide bonds. The monoisotopic (exact) mass is 284 g/mol. The van der Waals surface area contributed by atoms with Crippen molar-refractivity contribution in [2.75, 3.05) is 0 Å². The number of amides is 1. The number of nitrogens with one attached hydrogen (secondary N) is 1. The van der Waals surface area contributed by atoms with Gasteiger partial charge in [-0.1, -0.05) is 29.8 Å². The molecule has 2 saturated carbocycles. The van der Waals surface area contributed by atoms with Gasteiger partial charge in [0.15, 0.2) is 0 Å². The van der Waals surface area contributed by atoms with E-state index in [1.807, 2.05) is 6.92 Å². The van der Waals surface area contributed by atoms with Gasteiger partial charge in [0, 0.05) is 6.04 Å². The maximum Gasteiger partial charge on any atom is 0.241 e. The highest BCUT2D eigenvalue weighted by atomic mass is 16.2. The Labute approximate surface area is 126 Å². The van der Waals surface area contributed by atoms with Crippen LogP contribution in [0, 0.1) is 18.8 Å². The first-order chi connectivity index (χ1) is 10.1. The molecule has 112 valence electrons. The number of carbonyl (C=O) groups excluding carboxylic acids is 1. The first-order valence-corrected chi connectivity index (χ1v) is 8.30. The van der Waals surface area contributed by atoms with Crippen LogP contribution in [0.15, 0.2) is 24.3 Å². The summed E-state index contributed by atoms with van der Waals surface area (Å²) in [5.41, 5.74) is 2.49. The van der Waals surface area contributed by atoms with Gasteiger partial charge in [-0.25, -0.2) is 0 Å². The Balaban J connectivity index is 1.67. The van der Waals surface area contributed by atoms with E-state index in [0.29, 0.717) is 11.9 Å². The van der Waals surface area contributed by atoms with Crippen LogP contribution in [0.4, 0.5) is 0 Å². The van der Waals surface area contributed by atoms with Crippen LogP contribution >= 0.6 is 0 Å². The summed E-state index contributed by atoms with van der Waals surface area (Å²) in [5.74, 6) is 1.80. The predicted octanol–water partition coefficient (Wildman–Crippen LogP) is 3.00. The van der Waals surface area contributed by atoms with E-state index in [0.717, 1.165) is 11.8 Å². The van der Waals surface area contributed by atoms with Gasteiger partial charge in [0.1, 0.15) is 6.17 Å². The molecule has 1 N–H and O–H groups in total. The molecule has 1 aromatic carbocycles. The van der Waals surface area contributed by atoms with Crippen LogP contribution in [0.1, 0.15) is 49.9 Å². The minimum Gasteiger partial charge on any atom is -0.318 e. The number of benzene rings is 1. The summed E-state index contributed by atoms with van der Waals surface area (Å²) < 4.78 is 0. The normalized spacial score (nSPS) is 29.5. The number of aryl methyl sites for hydroxylation is 1. The van der Waals surface area contributed by atoms with Gasteiger partial charge in [0.25, 0.3) is 0 Å². The first-order valence-electron chi connectivity index (χ1n) is 8.30. The molecule has 3 fully saturated rings. The zero-order valence-corrected chi connectivity index (χ0v) is 12.9. The lowest BCUT2D eigenvalue weighted by Crippen LogP contribution is -2.42. The van der Waals surface area contributed by atoms with Crippen molar-refractivity contribution in [3.8, 4) is 0 Å². The summed E-state index contributed by atoms with van der Waals surface area (Å²) in [6.07, 6.45) is 5.29. The summed E-state index contributed by atoms with van der Waals surface area (Å²) in [4.78, 5) is 14.9. The molecule has 2 aliphatic carbocycles. The lowest BCUT2D eigenvalue weighted by Gasteiger charge is -2.33. The van der Waals surface area contributed by atoms with Crippen molar-refractivity contribution < 1.29 is 4.79 Å². The van der Waals surface area contributed by atoms with E-state index in [1.165, 1.54) is 36.8 Å². The van der Waals surface area contributed by atoms with Crippen molar-refractivity contribution in [1.29, 1.82) is 0 Å². The molecule has 3 heteroatoms. The predicted molar refractivity (Wildman–Crippen MR) is 82.6 cm³/mol. The molecule has 1 aromatic rings. The number of hydrogen-bond acceptors (Lipinski definition) is 2. The highest BCUT2D eigenvalue weighted by Crippen LogP contribution is 2.49. The molecule has 0 radical (unpaired) electrons. The van der Waals surface area contributed by atoms with Gasteiger partial charge in [0.05, 0.1) is 6.04 Å². The lowest BCUT2D eigenvalue weighted by molar-refractivity contribution is -0.133. The van der Waals surface area contributed by atoms with Crippen LogP contribution in [0.2, 0.25) is 0 Å². The molecule has 1 heterocycles. The van der Waals surface area contributed by atoms with Crippen LogP contribution < -0.4 is 5.32 Å². The average molecular weight is 284 g/mol. The summed E-state index contributed by atoms with van der Waals surface area (Å²) in [7, 11) is 0. The van der Waals surface area contributed by atoms with Crippen molar-refractivity contribution in [3.63, 3.8) is 0 Å². The first kappa shape index (κ1) is 13.3. The Hall–Kier alpha value is -1.35. The fraction of sp³-hybridized carbons (Fsp3) is 0.611. The lowest BCUT2D eigenvalue weighted by atomic mass is 10.0. The highest BCUT2D eigenvalue weighted by molar-refractivity contribution is 5.84. The van der Waals surface area contributed by atoms with Crippen LogP contribution in [-0.4, -0.2) is 22.9 Å². The fourth-order valence-corrected chi connectivity index (χ4v) is 3.78. The third-order valence-electron chi connectivity index (χ3n) is 5.24. The Morgan fingerprint density at radius 1 is 1.10 bits per heavy atom. The van der Waals surface area contributed by atoms with Crippen molar-refractivity contribution in [1.82, 2.24) is 10.2 Å². The molecule has 1 aliphatic heterocycles. The quantitative estimate of drug-likeness (QED) is 0.922. The standard InChI is InChI=1S/C18H24N2O/c1-11-3-5-15(6-4-11)17-19-12(2)18(21)20(17)16(13-7-8-13)14-9-10-14/h3-6,12-14,16-17,19H,7-10H2,1-2H3. The molecule has 3 aliphatic rings. The van der Waals surface area contributed by atoms with E-state index in [1.54, 1.807) is 0 Å². The van der Waals surface area contributed by atoms with Gasteiger partial charge in [-0.2, -0.15) is 0 Å². The van der Waals surface area contributed by atoms with Gasteiger partial charge >= 0.3 is 0 Å². The Kier molecular flexibility index (Phi) is 3.07. The molecule has 0 bridgehead atoms. The largest absolute Gasteiger partial charge is 0.318 e. The molecule has 4 rings (SSSR count). The second-order valence-corrected chi connectivity index (χ2v) is 7.11. The van der Waals surface area contributed by atoms with E-state index < -0.39 is 0 Å². The zero-order chi connectivity index (χ0) is 14.6. The topological polar surface area (TPSA) is 32.3 Å². The number of rotatable bonds is 4. The van der Waals surface area contributed by atoms with Crippen LogP contribution in [0.5, 0.6) is 0 Å². The number of nitrogens with zero attached hydrogens (tertiary/aromatic N) is 1. The van der Waals surface area contributed by atoms with Gasteiger partial charge in [-0.15, -0.1) is 0 Å². The summed E-state index contributed by atoms with van der Waals surface area (Å²) in [5, 5.41) is 3.51. The zero-order valence-electron chi connectivity index (χ0n) is 12.9. The third kappa shape index (κ3) is 2.38. The van der Waals surface area contributed by atoms with E-state index in [9.17, 15) is 4.79 Å². The molecule has 2 unspecified atom stereocenters. The van der Waals surface area contributed by atoms with Gasteiger partial charge in [-0.05, 0) is 56.9 Å². The van der Waals surface area contributed by atoms with Crippen molar-refractivity contribution in [2.24, 2.45) is 11.8 Å². The third-order valence-corrected chi connectivity index (χ3v) is 5.24. The van der Waals surface area contributed by atoms with Crippen LogP contribution in [0.25, 0.3) is 0 Å². The van der Waals surface area contributed by atoms with Crippen molar-refractivity contribution in [2.45, 2.75) is 57.8 Å². The molecule has 0 spiro atoms. The Morgan fingerprint density at radius 2 is 1.67 bits per heavy atom. The molecule has 2 atom stereocenters. The maximum atomic E-state index is 12.7. The number of carbonyl (C=O) groups is 1. The Morgan fingerprint density at radius 3 is 2.19 bits per heavy atom. The molecular formula is C18H24N2O. The second kappa shape index (κ2) is 4.84. The molecule has 0 aromatic heterocycles. The minimum absolute atomic E-state index is 0.0590. The van der Waals surface area contributed by atoms with E-state index in [4.69, 9.17) is 0 Å². The van der Waals surface area contributed by atoms with Gasteiger partial charge in [-0.3, -0.25) is 10.1 Å². The summed E-state index contributed by atoms with van der Waals surface area (Å²) in [6.45, 7) is 4.11. The van der Waals surface area contributed by atoms with Crippen molar-refractivity contribution in [3.05, 3.63) is 35.4 Å². The summed E-state index contributed by atoms with van der Waals surface area (Å²) >= 11 is 0. The van der Waals surface area contributed by atoms with Crippen LogP contribution in [0.3, 0.4) is 0 Å². The number of hydrogen-bond donors (Lipinski definition) is 1. The van der Waals surface area contributed by atoms with Gasteiger partial charge < -0.3 is 4.90 Å². The molecule has 3 nitrogen and oxygen atoms in total. The maximum absolute atomic E-state index is 12.7. The SMILES string of the molecule is Cc1ccc(C2NC(C)C(=O)N2C(C2CC2)C2CC2)cc1. The molecule has 21 heavy (non-hydrogen) atoms. The highest BCUT2D eigenvalue weighted by Gasteiger charge is 2.51. The van der Waals surface area contributed by atoms with Crippen LogP contribution in [-0.2, 0) is 4.79 Å². The van der Waals surface area contributed by atoms with E-state index >= 15 is 0 Å².